The van der Waals surface area contributed by atoms with E-state index in [2.05, 4.69) is 18.7 Å². The second-order valence-corrected chi connectivity index (χ2v) is 8.68. The Labute approximate surface area is 180 Å². The monoisotopic (exact) mass is 416 g/mol. The molecule has 0 bridgehead atoms. The molecule has 6 nitrogen and oxygen atoms in total. The van der Waals surface area contributed by atoms with Gasteiger partial charge in [0.2, 0.25) is 5.91 Å². The Morgan fingerprint density at radius 1 is 1.03 bits per heavy atom. The predicted octanol–water partition coefficient (Wildman–Crippen LogP) is 3.40. The van der Waals surface area contributed by atoms with Crippen LogP contribution in [0.3, 0.4) is 0 Å². The first-order valence-corrected chi connectivity index (χ1v) is 11.4. The second-order valence-electron chi connectivity index (χ2n) is 8.68. The zero-order valence-corrected chi connectivity index (χ0v) is 18.6. The molecule has 6 heteroatoms. The SMILES string of the molecule is CCOc1ccc(C(=O)CCC(=O)N2CCC(CN3CC(C)OC(C)C3)CC2)cc1. The van der Waals surface area contributed by atoms with Crippen LogP contribution >= 0.6 is 0 Å². The average molecular weight is 417 g/mol. The van der Waals surface area contributed by atoms with Crippen molar-refractivity contribution in [3.8, 4) is 5.75 Å². The summed E-state index contributed by atoms with van der Waals surface area (Å²) in [6.07, 6.45) is 3.22. The molecular weight excluding hydrogens is 380 g/mol. The van der Waals surface area contributed by atoms with Crippen LogP contribution in [-0.2, 0) is 9.53 Å². The van der Waals surface area contributed by atoms with Gasteiger partial charge in [-0.2, -0.15) is 0 Å². The maximum atomic E-state index is 12.6. The average Bonchev–Trinajstić information content (AvgIpc) is 2.72. The lowest BCUT2D eigenvalue weighted by atomic mass is 9.95. The van der Waals surface area contributed by atoms with Gasteiger partial charge in [-0.3, -0.25) is 14.5 Å². The highest BCUT2D eigenvalue weighted by atomic mass is 16.5. The molecule has 1 aromatic rings. The van der Waals surface area contributed by atoms with Crippen molar-refractivity contribution in [3.63, 3.8) is 0 Å². The van der Waals surface area contributed by atoms with E-state index in [4.69, 9.17) is 9.47 Å². The Balaban J connectivity index is 1.38. The van der Waals surface area contributed by atoms with Gasteiger partial charge in [0.05, 0.1) is 18.8 Å². The Bertz CT molecular complexity index is 688. The largest absolute Gasteiger partial charge is 0.494 e. The number of ketones is 1. The van der Waals surface area contributed by atoms with Crippen molar-refractivity contribution in [2.45, 2.75) is 58.7 Å². The number of benzene rings is 1. The van der Waals surface area contributed by atoms with E-state index in [9.17, 15) is 9.59 Å². The first-order chi connectivity index (χ1) is 14.4. The highest BCUT2D eigenvalue weighted by molar-refractivity contribution is 5.98. The van der Waals surface area contributed by atoms with E-state index in [1.165, 1.54) is 0 Å². The predicted molar refractivity (Wildman–Crippen MR) is 117 cm³/mol. The number of hydrogen-bond acceptors (Lipinski definition) is 5. The Morgan fingerprint density at radius 2 is 1.67 bits per heavy atom. The summed E-state index contributed by atoms with van der Waals surface area (Å²) >= 11 is 0. The van der Waals surface area contributed by atoms with Crippen LogP contribution < -0.4 is 4.74 Å². The summed E-state index contributed by atoms with van der Waals surface area (Å²) < 4.78 is 11.2. The first-order valence-electron chi connectivity index (χ1n) is 11.4. The summed E-state index contributed by atoms with van der Waals surface area (Å²) in [4.78, 5) is 29.4. The molecule has 0 radical (unpaired) electrons. The fourth-order valence-corrected chi connectivity index (χ4v) is 4.59. The van der Waals surface area contributed by atoms with Crippen LogP contribution in [0.4, 0.5) is 0 Å². The van der Waals surface area contributed by atoms with E-state index in [1.807, 2.05) is 11.8 Å². The summed E-state index contributed by atoms with van der Waals surface area (Å²) in [5, 5.41) is 0. The van der Waals surface area contributed by atoms with Crippen LogP contribution in [0, 0.1) is 5.92 Å². The number of hydrogen-bond donors (Lipinski definition) is 0. The molecule has 3 rings (SSSR count). The van der Waals surface area contributed by atoms with E-state index in [-0.39, 0.29) is 24.5 Å². The van der Waals surface area contributed by atoms with Gasteiger partial charge < -0.3 is 14.4 Å². The van der Waals surface area contributed by atoms with E-state index < -0.39 is 0 Å². The molecule has 2 atom stereocenters. The fourth-order valence-electron chi connectivity index (χ4n) is 4.59. The number of carbonyl (C=O) groups is 2. The van der Waals surface area contributed by atoms with Crippen LogP contribution in [0.5, 0.6) is 5.75 Å². The van der Waals surface area contributed by atoms with Gasteiger partial charge >= 0.3 is 0 Å². The van der Waals surface area contributed by atoms with Crippen molar-refractivity contribution in [1.82, 2.24) is 9.80 Å². The van der Waals surface area contributed by atoms with Gasteiger partial charge in [-0.25, -0.2) is 0 Å². The smallest absolute Gasteiger partial charge is 0.223 e. The molecule has 2 heterocycles. The maximum Gasteiger partial charge on any atom is 0.223 e. The van der Waals surface area contributed by atoms with Crippen molar-refractivity contribution >= 4 is 11.7 Å². The van der Waals surface area contributed by atoms with Crippen LogP contribution in [0.15, 0.2) is 24.3 Å². The number of nitrogens with zero attached hydrogens (tertiary/aromatic N) is 2. The molecule has 30 heavy (non-hydrogen) atoms. The number of morpholine rings is 1. The van der Waals surface area contributed by atoms with E-state index in [0.717, 1.165) is 51.3 Å². The van der Waals surface area contributed by atoms with Crippen LogP contribution in [0.2, 0.25) is 0 Å². The molecule has 0 aliphatic carbocycles. The molecule has 1 aromatic carbocycles. The van der Waals surface area contributed by atoms with E-state index >= 15 is 0 Å². The highest BCUT2D eigenvalue weighted by Gasteiger charge is 2.28. The minimum atomic E-state index is 0.0110. The third kappa shape index (κ3) is 6.54. The second kappa shape index (κ2) is 10.9. The standard InChI is InChI=1S/C24H36N2O4/c1-4-29-22-7-5-21(6-8-22)23(27)9-10-24(28)26-13-11-20(12-14-26)17-25-15-18(2)30-19(3)16-25/h5-8,18-20H,4,9-17H2,1-3H3. The fraction of sp³-hybridized carbons (Fsp3) is 0.667. The van der Waals surface area contributed by atoms with Crippen molar-refractivity contribution in [2.75, 3.05) is 39.3 Å². The van der Waals surface area contributed by atoms with Crippen molar-refractivity contribution in [3.05, 3.63) is 29.8 Å². The van der Waals surface area contributed by atoms with Crippen LogP contribution in [0.25, 0.3) is 0 Å². The Hall–Kier alpha value is -1.92. The summed E-state index contributed by atoms with van der Waals surface area (Å²) in [6.45, 7) is 11.5. The van der Waals surface area contributed by atoms with Crippen molar-refractivity contribution < 1.29 is 19.1 Å². The zero-order valence-electron chi connectivity index (χ0n) is 18.6. The number of amides is 1. The van der Waals surface area contributed by atoms with Gasteiger partial charge in [-0.15, -0.1) is 0 Å². The lowest BCUT2D eigenvalue weighted by molar-refractivity contribution is -0.132. The molecule has 2 unspecified atom stereocenters. The van der Waals surface area contributed by atoms with E-state index in [1.54, 1.807) is 24.3 Å². The third-order valence-electron chi connectivity index (χ3n) is 6.03. The zero-order chi connectivity index (χ0) is 21.5. The minimum absolute atomic E-state index is 0.0110. The highest BCUT2D eigenvalue weighted by Crippen LogP contribution is 2.22. The number of rotatable bonds is 8. The van der Waals surface area contributed by atoms with Crippen LogP contribution in [-0.4, -0.2) is 73.0 Å². The molecule has 2 fully saturated rings. The molecule has 166 valence electrons. The quantitative estimate of drug-likeness (QED) is 0.608. The maximum absolute atomic E-state index is 12.6. The number of ether oxygens (including phenoxy) is 2. The van der Waals surface area contributed by atoms with Gasteiger partial charge in [0.1, 0.15) is 5.75 Å². The lowest BCUT2D eigenvalue weighted by Crippen LogP contribution is -2.48. The summed E-state index contributed by atoms with van der Waals surface area (Å²) in [5.74, 6) is 1.50. The van der Waals surface area contributed by atoms with E-state index in [0.29, 0.717) is 30.3 Å². The van der Waals surface area contributed by atoms with Gasteiger partial charge in [0.15, 0.2) is 5.78 Å². The van der Waals surface area contributed by atoms with Gasteiger partial charge in [0.25, 0.3) is 0 Å². The Kier molecular flexibility index (Phi) is 8.28. The molecule has 0 spiro atoms. The van der Waals surface area contributed by atoms with Gasteiger partial charge in [-0.05, 0) is 63.8 Å². The molecule has 1 amide bonds. The molecule has 2 aliphatic rings. The Morgan fingerprint density at radius 3 is 2.27 bits per heavy atom. The molecule has 0 saturated carbocycles. The molecule has 2 aliphatic heterocycles. The minimum Gasteiger partial charge on any atom is -0.494 e. The van der Waals surface area contributed by atoms with Gasteiger partial charge in [0, 0.05) is 51.1 Å². The summed E-state index contributed by atoms with van der Waals surface area (Å²) in [7, 11) is 0. The normalized spacial score (nSPS) is 23.4. The van der Waals surface area contributed by atoms with Crippen LogP contribution in [0.1, 0.15) is 56.8 Å². The summed E-state index contributed by atoms with van der Waals surface area (Å²) in [6, 6.07) is 7.16. The number of Topliss-reactive ketones (excluding diaryl/α,β-unsaturated/α-hetero) is 1. The molecular formula is C24H36N2O4. The van der Waals surface area contributed by atoms with Crippen molar-refractivity contribution in [2.24, 2.45) is 5.92 Å². The third-order valence-corrected chi connectivity index (χ3v) is 6.03. The number of likely N-dealkylation sites (tertiary alicyclic amines) is 1. The number of piperidine rings is 1. The molecule has 0 aromatic heterocycles. The molecule has 2 saturated heterocycles. The molecule has 0 N–H and O–H groups in total. The number of carbonyl (C=O) groups excluding carboxylic acids is 2. The summed E-state index contributed by atoms with van der Waals surface area (Å²) in [5.41, 5.74) is 0.638. The van der Waals surface area contributed by atoms with Crippen molar-refractivity contribution in [1.29, 1.82) is 0 Å². The first kappa shape index (κ1) is 22.8. The van der Waals surface area contributed by atoms with Gasteiger partial charge in [-0.1, -0.05) is 0 Å². The topological polar surface area (TPSA) is 59.1 Å². The lowest BCUT2D eigenvalue weighted by Gasteiger charge is -2.39.